The third-order valence-corrected chi connectivity index (χ3v) is 3.10. The van der Waals surface area contributed by atoms with Crippen LogP contribution in [-0.2, 0) is 0 Å². The molecule has 1 aromatic rings. The molecule has 1 atom stereocenters. The van der Waals surface area contributed by atoms with Crippen LogP contribution in [0.5, 0.6) is 0 Å². The lowest BCUT2D eigenvalue weighted by Crippen LogP contribution is -2.20. The minimum atomic E-state index is -0.149. The van der Waals surface area contributed by atoms with Crippen LogP contribution in [0.15, 0.2) is 22.7 Å². The zero-order valence-electron chi connectivity index (χ0n) is 9.35. The Morgan fingerprint density at radius 3 is 2.53 bits per heavy atom. The molecular weight excluding hydrogens is 257 g/mol. The summed E-state index contributed by atoms with van der Waals surface area (Å²) in [5, 5.41) is 3.16. The fraction of sp³-hybridized carbons (Fsp3) is 0.500. The molecule has 0 saturated carbocycles. The van der Waals surface area contributed by atoms with Crippen molar-refractivity contribution in [3.8, 4) is 0 Å². The molecule has 1 N–H and O–H groups in total. The predicted molar refractivity (Wildman–Crippen MR) is 65.4 cm³/mol. The second kappa shape index (κ2) is 5.61. The van der Waals surface area contributed by atoms with E-state index in [1.165, 1.54) is 6.07 Å². The Kier molecular flexibility index (Phi) is 4.74. The largest absolute Gasteiger partial charge is 0.313 e. The third kappa shape index (κ3) is 3.28. The van der Waals surface area contributed by atoms with Gasteiger partial charge in [0.2, 0.25) is 0 Å². The van der Waals surface area contributed by atoms with Gasteiger partial charge in [-0.1, -0.05) is 35.8 Å². The van der Waals surface area contributed by atoms with Gasteiger partial charge in [-0.25, -0.2) is 4.39 Å². The molecule has 3 heteroatoms. The van der Waals surface area contributed by atoms with Crippen LogP contribution in [0.3, 0.4) is 0 Å². The SMILES string of the molecule is CNC(CC(C)C)c1c(F)cccc1Br. The van der Waals surface area contributed by atoms with Crippen LogP contribution in [0.2, 0.25) is 0 Å². The van der Waals surface area contributed by atoms with Crippen molar-refractivity contribution in [3.05, 3.63) is 34.1 Å². The number of benzene rings is 1. The van der Waals surface area contributed by atoms with Gasteiger partial charge in [-0.3, -0.25) is 0 Å². The van der Waals surface area contributed by atoms with Crippen LogP contribution in [0, 0.1) is 11.7 Å². The first-order chi connectivity index (χ1) is 7.06. The van der Waals surface area contributed by atoms with Crippen LogP contribution in [0.4, 0.5) is 4.39 Å². The molecule has 0 aromatic heterocycles. The molecule has 0 spiro atoms. The maximum atomic E-state index is 13.7. The summed E-state index contributed by atoms with van der Waals surface area (Å²) < 4.78 is 14.5. The quantitative estimate of drug-likeness (QED) is 0.878. The zero-order valence-corrected chi connectivity index (χ0v) is 10.9. The van der Waals surface area contributed by atoms with Gasteiger partial charge in [0.15, 0.2) is 0 Å². The molecule has 1 nitrogen and oxygen atoms in total. The number of hydrogen-bond acceptors (Lipinski definition) is 1. The van der Waals surface area contributed by atoms with Gasteiger partial charge >= 0.3 is 0 Å². The van der Waals surface area contributed by atoms with E-state index >= 15 is 0 Å². The Morgan fingerprint density at radius 2 is 2.07 bits per heavy atom. The molecule has 0 aliphatic carbocycles. The first-order valence-electron chi connectivity index (χ1n) is 5.17. The summed E-state index contributed by atoms with van der Waals surface area (Å²) in [5.41, 5.74) is 0.730. The molecule has 0 bridgehead atoms. The lowest BCUT2D eigenvalue weighted by atomic mass is 9.97. The van der Waals surface area contributed by atoms with Gasteiger partial charge in [0.1, 0.15) is 5.82 Å². The highest BCUT2D eigenvalue weighted by atomic mass is 79.9. The molecule has 1 aromatic carbocycles. The van der Waals surface area contributed by atoms with Gasteiger partial charge in [-0.2, -0.15) is 0 Å². The number of halogens is 2. The molecule has 1 rings (SSSR count). The van der Waals surface area contributed by atoms with Crippen molar-refractivity contribution >= 4 is 15.9 Å². The van der Waals surface area contributed by atoms with E-state index in [0.29, 0.717) is 5.92 Å². The highest BCUT2D eigenvalue weighted by molar-refractivity contribution is 9.10. The van der Waals surface area contributed by atoms with Crippen molar-refractivity contribution in [3.63, 3.8) is 0 Å². The highest BCUT2D eigenvalue weighted by Gasteiger charge is 2.17. The lowest BCUT2D eigenvalue weighted by molar-refractivity contribution is 0.438. The van der Waals surface area contributed by atoms with Gasteiger partial charge in [-0.15, -0.1) is 0 Å². The Bertz CT molecular complexity index is 305. The van der Waals surface area contributed by atoms with Crippen LogP contribution < -0.4 is 5.32 Å². The zero-order chi connectivity index (χ0) is 11.4. The lowest BCUT2D eigenvalue weighted by Gasteiger charge is -2.20. The van der Waals surface area contributed by atoms with Gasteiger partial charge in [0, 0.05) is 16.1 Å². The molecule has 0 aliphatic heterocycles. The average Bonchev–Trinajstić information content (AvgIpc) is 2.15. The number of nitrogens with one attached hydrogen (secondary N) is 1. The molecule has 0 aliphatic rings. The highest BCUT2D eigenvalue weighted by Crippen LogP contribution is 2.29. The van der Waals surface area contributed by atoms with Crippen molar-refractivity contribution in [1.29, 1.82) is 0 Å². The van der Waals surface area contributed by atoms with Gasteiger partial charge < -0.3 is 5.32 Å². The van der Waals surface area contributed by atoms with E-state index in [9.17, 15) is 4.39 Å². The molecule has 0 heterocycles. The summed E-state index contributed by atoms with van der Waals surface area (Å²) >= 11 is 3.40. The van der Waals surface area contributed by atoms with E-state index in [4.69, 9.17) is 0 Å². The second-order valence-electron chi connectivity index (χ2n) is 4.11. The van der Waals surface area contributed by atoms with Crippen LogP contribution in [0.1, 0.15) is 31.9 Å². The second-order valence-corrected chi connectivity index (χ2v) is 4.96. The topological polar surface area (TPSA) is 12.0 Å². The summed E-state index contributed by atoms with van der Waals surface area (Å²) in [7, 11) is 1.87. The van der Waals surface area contributed by atoms with Crippen molar-refractivity contribution in [1.82, 2.24) is 5.32 Å². The molecule has 0 fully saturated rings. The fourth-order valence-corrected chi connectivity index (χ4v) is 2.31. The van der Waals surface area contributed by atoms with E-state index in [1.807, 2.05) is 13.1 Å². The van der Waals surface area contributed by atoms with E-state index in [2.05, 4.69) is 35.1 Å². The van der Waals surface area contributed by atoms with Crippen molar-refractivity contribution in [2.24, 2.45) is 5.92 Å². The summed E-state index contributed by atoms with van der Waals surface area (Å²) in [5.74, 6) is 0.387. The minimum absolute atomic E-state index is 0.0700. The first-order valence-corrected chi connectivity index (χ1v) is 5.96. The Morgan fingerprint density at radius 1 is 1.40 bits per heavy atom. The molecule has 1 unspecified atom stereocenters. The Balaban J connectivity index is 3.00. The number of rotatable bonds is 4. The molecule has 84 valence electrons. The molecular formula is C12H17BrFN. The fourth-order valence-electron chi connectivity index (χ4n) is 1.70. The summed E-state index contributed by atoms with van der Waals surface area (Å²) in [6, 6.07) is 5.17. The van der Waals surface area contributed by atoms with Gasteiger partial charge in [0.25, 0.3) is 0 Å². The molecule has 0 radical (unpaired) electrons. The third-order valence-electron chi connectivity index (χ3n) is 2.40. The minimum Gasteiger partial charge on any atom is -0.313 e. The van der Waals surface area contributed by atoms with E-state index in [0.717, 1.165) is 16.5 Å². The monoisotopic (exact) mass is 273 g/mol. The Hall–Kier alpha value is -0.410. The van der Waals surface area contributed by atoms with Crippen molar-refractivity contribution in [2.45, 2.75) is 26.3 Å². The van der Waals surface area contributed by atoms with Crippen LogP contribution in [-0.4, -0.2) is 7.05 Å². The molecule has 0 amide bonds. The van der Waals surface area contributed by atoms with Gasteiger partial charge in [-0.05, 0) is 31.5 Å². The van der Waals surface area contributed by atoms with Crippen LogP contribution >= 0.6 is 15.9 Å². The van der Waals surface area contributed by atoms with Gasteiger partial charge in [0.05, 0.1) is 0 Å². The van der Waals surface area contributed by atoms with Crippen molar-refractivity contribution < 1.29 is 4.39 Å². The van der Waals surface area contributed by atoms with E-state index in [1.54, 1.807) is 6.07 Å². The van der Waals surface area contributed by atoms with E-state index in [-0.39, 0.29) is 11.9 Å². The Labute approximate surface area is 99.2 Å². The maximum Gasteiger partial charge on any atom is 0.129 e. The number of hydrogen-bond donors (Lipinski definition) is 1. The normalized spacial score (nSPS) is 13.2. The average molecular weight is 274 g/mol. The first kappa shape index (κ1) is 12.7. The molecule has 15 heavy (non-hydrogen) atoms. The summed E-state index contributed by atoms with van der Waals surface area (Å²) in [6.07, 6.45) is 0.927. The molecule has 0 saturated heterocycles. The summed E-state index contributed by atoms with van der Waals surface area (Å²) in [6.45, 7) is 4.28. The van der Waals surface area contributed by atoms with Crippen molar-refractivity contribution in [2.75, 3.05) is 7.05 Å². The standard InChI is InChI=1S/C12H17BrFN/c1-8(2)7-11(15-3)12-9(13)5-4-6-10(12)14/h4-6,8,11,15H,7H2,1-3H3. The smallest absolute Gasteiger partial charge is 0.129 e. The summed E-state index contributed by atoms with van der Waals surface area (Å²) in [4.78, 5) is 0. The predicted octanol–water partition coefficient (Wildman–Crippen LogP) is 3.89. The maximum absolute atomic E-state index is 13.7. The van der Waals surface area contributed by atoms with Crippen LogP contribution in [0.25, 0.3) is 0 Å². The van der Waals surface area contributed by atoms with E-state index < -0.39 is 0 Å².